The SMILES string of the molecule is COc1cc2c(c(OC)c1O)-c1c(OC)cc(CCc3cccc(O)c3)cc1OC2C(O)CO. The molecule has 1 heterocycles. The van der Waals surface area contributed by atoms with Gasteiger partial charge in [-0.3, -0.25) is 0 Å². The van der Waals surface area contributed by atoms with E-state index in [4.69, 9.17) is 18.9 Å². The Labute approximate surface area is 197 Å². The number of phenols is 2. The maximum absolute atomic E-state index is 10.7. The number of hydrogen-bond acceptors (Lipinski definition) is 8. The van der Waals surface area contributed by atoms with Crippen molar-refractivity contribution < 1.29 is 39.4 Å². The summed E-state index contributed by atoms with van der Waals surface area (Å²) in [5.74, 6) is 1.26. The Balaban J connectivity index is 1.85. The summed E-state index contributed by atoms with van der Waals surface area (Å²) in [6.45, 7) is -0.528. The summed E-state index contributed by atoms with van der Waals surface area (Å²) in [5, 5.41) is 40.7. The molecule has 2 atom stereocenters. The third-order valence-corrected chi connectivity index (χ3v) is 5.98. The molecule has 0 aromatic heterocycles. The average Bonchev–Trinajstić information content (AvgIpc) is 2.85. The van der Waals surface area contributed by atoms with Gasteiger partial charge in [-0.25, -0.2) is 0 Å². The van der Waals surface area contributed by atoms with Crippen LogP contribution in [0.4, 0.5) is 0 Å². The zero-order chi connectivity index (χ0) is 24.4. The first kappa shape index (κ1) is 23.5. The summed E-state index contributed by atoms with van der Waals surface area (Å²) < 4.78 is 22.7. The number of aliphatic hydroxyl groups excluding tert-OH is 2. The van der Waals surface area contributed by atoms with Crippen LogP contribution in [0.15, 0.2) is 42.5 Å². The molecule has 8 heteroatoms. The number of rotatable bonds is 8. The average molecular weight is 469 g/mol. The number of ether oxygens (including phenoxy) is 4. The second-order valence-corrected chi connectivity index (χ2v) is 8.05. The van der Waals surface area contributed by atoms with Crippen molar-refractivity contribution in [2.24, 2.45) is 0 Å². The van der Waals surface area contributed by atoms with Crippen molar-refractivity contribution in [2.45, 2.75) is 25.0 Å². The fraction of sp³-hybridized carbons (Fsp3) is 0.308. The minimum Gasteiger partial charge on any atom is -0.508 e. The van der Waals surface area contributed by atoms with Crippen molar-refractivity contribution in [1.29, 1.82) is 0 Å². The van der Waals surface area contributed by atoms with E-state index >= 15 is 0 Å². The lowest BCUT2D eigenvalue weighted by Crippen LogP contribution is -2.30. The van der Waals surface area contributed by atoms with Crippen molar-refractivity contribution in [3.63, 3.8) is 0 Å². The van der Waals surface area contributed by atoms with Gasteiger partial charge >= 0.3 is 0 Å². The van der Waals surface area contributed by atoms with Crippen LogP contribution in [0.1, 0.15) is 22.8 Å². The van der Waals surface area contributed by atoms with Crippen molar-refractivity contribution in [1.82, 2.24) is 0 Å². The zero-order valence-electron chi connectivity index (χ0n) is 19.2. The summed E-state index contributed by atoms with van der Waals surface area (Å²) in [5.41, 5.74) is 3.45. The van der Waals surface area contributed by atoms with E-state index in [2.05, 4.69) is 0 Å². The zero-order valence-corrected chi connectivity index (χ0v) is 19.2. The molecular formula is C26H28O8. The fourth-order valence-corrected chi connectivity index (χ4v) is 4.35. The Morgan fingerprint density at radius 3 is 2.26 bits per heavy atom. The lowest BCUT2D eigenvalue weighted by molar-refractivity contribution is -0.00332. The molecule has 0 amide bonds. The molecule has 0 spiro atoms. The van der Waals surface area contributed by atoms with Crippen LogP contribution in [0, 0.1) is 0 Å². The number of aryl methyl sites for hydroxylation is 2. The van der Waals surface area contributed by atoms with E-state index in [9.17, 15) is 20.4 Å². The van der Waals surface area contributed by atoms with Gasteiger partial charge in [-0.1, -0.05) is 12.1 Å². The summed E-state index contributed by atoms with van der Waals surface area (Å²) in [7, 11) is 4.38. The van der Waals surface area contributed by atoms with E-state index in [0.717, 1.165) is 11.1 Å². The molecule has 0 saturated carbocycles. The highest BCUT2D eigenvalue weighted by Gasteiger charge is 2.37. The molecule has 2 unspecified atom stereocenters. The molecule has 0 saturated heterocycles. The number of hydrogen-bond donors (Lipinski definition) is 4. The first-order valence-corrected chi connectivity index (χ1v) is 10.8. The van der Waals surface area contributed by atoms with Crippen LogP contribution < -0.4 is 18.9 Å². The van der Waals surface area contributed by atoms with Crippen LogP contribution in [0.3, 0.4) is 0 Å². The largest absolute Gasteiger partial charge is 0.508 e. The summed E-state index contributed by atoms with van der Waals surface area (Å²) in [6, 6.07) is 12.4. The molecule has 4 N–H and O–H groups in total. The molecule has 1 aliphatic heterocycles. The van der Waals surface area contributed by atoms with Gasteiger partial charge in [0.15, 0.2) is 17.6 Å². The van der Waals surface area contributed by atoms with Gasteiger partial charge in [0, 0.05) is 11.1 Å². The van der Waals surface area contributed by atoms with Crippen LogP contribution in [-0.4, -0.2) is 54.5 Å². The predicted molar refractivity (Wildman–Crippen MR) is 125 cm³/mol. The van der Waals surface area contributed by atoms with Gasteiger partial charge in [-0.15, -0.1) is 0 Å². The van der Waals surface area contributed by atoms with E-state index in [1.54, 1.807) is 31.4 Å². The van der Waals surface area contributed by atoms with E-state index in [0.29, 0.717) is 41.0 Å². The molecule has 8 nitrogen and oxygen atoms in total. The Morgan fingerprint density at radius 1 is 0.882 bits per heavy atom. The van der Waals surface area contributed by atoms with Gasteiger partial charge in [0.25, 0.3) is 0 Å². The van der Waals surface area contributed by atoms with Gasteiger partial charge in [-0.2, -0.15) is 0 Å². The Kier molecular flexibility index (Phi) is 6.72. The van der Waals surface area contributed by atoms with Crippen LogP contribution >= 0.6 is 0 Å². The molecule has 180 valence electrons. The molecule has 0 radical (unpaired) electrons. The third-order valence-electron chi connectivity index (χ3n) is 5.98. The monoisotopic (exact) mass is 468 g/mol. The molecular weight excluding hydrogens is 440 g/mol. The number of benzene rings is 3. The normalized spacial score (nSPS) is 15.0. The molecule has 0 fully saturated rings. The smallest absolute Gasteiger partial charge is 0.201 e. The van der Waals surface area contributed by atoms with Crippen molar-refractivity contribution in [3.05, 3.63) is 59.2 Å². The summed E-state index contributed by atoms with van der Waals surface area (Å²) in [4.78, 5) is 0. The fourth-order valence-electron chi connectivity index (χ4n) is 4.35. The Hall–Kier alpha value is -3.62. The highest BCUT2D eigenvalue weighted by molar-refractivity contribution is 5.88. The minimum atomic E-state index is -1.23. The maximum Gasteiger partial charge on any atom is 0.201 e. The van der Waals surface area contributed by atoms with Crippen LogP contribution in [0.25, 0.3) is 11.1 Å². The Bertz CT molecular complexity index is 1190. The van der Waals surface area contributed by atoms with E-state index < -0.39 is 18.8 Å². The maximum atomic E-state index is 10.7. The first-order valence-electron chi connectivity index (χ1n) is 10.8. The van der Waals surface area contributed by atoms with Crippen molar-refractivity contribution >= 4 is 0 Å². The second kappa shape index (κ2) is 9.70. The lowest BCUT2D eigenvalue weighted by Gasteiger charge is -2.33. The summed E-state index contributed by atoms with van der Waals surface area (Å²) >= 11 is 0. The third kappa shape index (κ3) is 4.18. The lowest BCUT2D eigenvalue weighted by atomic mass is 9.87. The Morgan fingerprint density at radius 2 is 1.62 bits per heavy atom. The minimum absolute atomic E-state index is 0.152. The molecule has 0 aliphatic carbocycles. The molecule has 4 rings (SSSR count). The molecule has 3 aromatic rings. The second-order valence-electron chi connectivity index (χ2n) is 8.05. The van der Waals surface area contributed by atoms with Crippen molar-refractivity contribution in [3.8, 4) is 45.6 Å². The number of aromatic hydroxyl groups is 2. The predicted octanol–water partition coefficient (Wildman–Crippen LogP) is 3.36. The van der Waals surface area contributed by atoms with Gasteiger partial charge in [0.2, 0.25) is 5.75 Å². The molecule has 1 aliphatic rings. The van der Waals surface area contributed by atoms with Crippen molar-refractivity contribution in [2.75, 3.05) is 27.9 Å². The number of aliphatic hydroxyl groups is 2. The number of fused-ring (bicyclic) bond motifs is 3. The number of methoxy groups -OCH3 is 3. The van der Waals surface area contributed by atoms with Gasteiger partial charge < -0.3 is 39.4 Å². The van der Waals surface area contributed by atoms with E-state index in [-0.39, 0.29) is 23.0 Å². The van der Waals surface area contributed by atoms with Crippen LogP contribution in [0.5, 0.6) is 34.5 Å². The number of phenolic OH excluding ortho intramolecular Hbond substituents is 2. The topological polar surface area (TPSA) is 118 Å². The van der Waals surface area contributed by atoms with E-state index in [1.165, 1.54) is 14.2 Å². The van der Waals surface area contributed by atoms with Crippen LogP contribution in [0.2, 0.25) is 0 Å². The quantitative estimate of drug-likeness (QED) is 0.398. The summed E-state index contributed by atoms with van der Waals surface area (Å²) in [6.07, 6.45) is -0.840. The van der Waals surface area contributed by atoms with Gasteiger partial charge in [-0.05, 0) is 54.3 Å². The standard InChI is InChI=1S/C26H28O8/c1-31-19-10-15(8-7-14-5-4-6-16(28)9-14)11-20-23(19)22-17(25(34-20)18(29)13-27)12-21(32-2)24(30)26(22)33-3/h4-6,9-12,18,25,27-30H,7-8,13H2,1-3H3. The molecule has 3 aromatic carbocycles. The van der Waals surface area contributed by atoms with Gasteiger partial charge in [0.1, 0.15) is 23.4 Å². The van der Waals surface area contributed by atoms with Crippen LogP contribution in [-0.2, 0) is 12.8 Å². The first-order chi connectivity index (χ1) is 16.4. The van der Waals surface area contributed by atoms with Gasteiger partial charge in [0.05, 0.1) is 33.5 Å². The highest BCUT2D eigenvalue weighted by Crippen LogP contribution is 2.56. The van der Waals surface area contributed by atoms with E-state index in [1.807, 2.05) is 18.2 Å². The molecule has 0 bridgehead atoms. The molecule has 34 heavy (non-hydrogen) atoms. The highest BCUT2D eigenvalue weighted by atomic mass is 16.5.